The zero-order valence-corrected chi connectivity index (χ0v) is 26.7. The molecule has 2 unspecified atom stereocenters. The third-order valence-electron chi connectivity index (χ3n) is 7.75. The van der Waals surface area contributed by atoms with Crippen LogP contribution in [0.25, 0.3) is 11.0 Å². The number of alkyl carbamates (subject to hydrolysis) is 1. The van der Waals surface area contributed by atoms with Crippen LogP contribution in [0.2, 0.25) is 0 Å². The SMILES string of the molecule is Cc1nc(NCC(NC(=O)OCc2ccccc2)C(O)OC(C)(C)C)c(C)c(N2CCC(c3ccc4cccnc4n3)CC2)n1. The van der Waals surface area contributed by atoms with Crippen LogP contribution in [0.4, 0.5) is 16.4 Å². The van der Waals surface area contributed by atoms with Gasteiger partial charge in [-0.3, -0.25) is 0 Å². The van der Waals surface area contributed by atoms with Crippen LogP contribution < -0.4 is 15.5 Å². The van der Waals surface area contributed by atoms with Gasteiger partial charge in [-0.15, -0.1) is 0 Å². The maximum Gasteiger partial charge on any atom is 0.407 e. The molecule has 11 heteroatoms. The highest BCUT2D eigenvalue weighted by Gasteiger charge is 2.29. The lowest BCUT2D eigenvalue weighted by atomic mass is 9.92. The second-order valence-electron chi connectivity index (χ2n) is 12.4. The molecule has 0 saturated carbocycles. The van der Waals surface area contributed by atoms with Crippen LogP contribution in [0.5, 0.6) is 0 Å². The number of nitrogens with zero attached hydrogens (tertiary/aromatic N) is 5. The van der Waals surface area contributed by atoms with Crippen LogP contribution in [0.1, 0.15) is 62.2 Å². The molecule has 1 aromatic carbocycles. The van der Waals surface area contributed by atoms with Gasteiger partial charge in [-0.05, 0) is 77.3 Å². The minimum absolute atomic E-state index is 0.112. The fourth-order valence-corrected chi connectivity index (χ4v) is 5.47. The van der Waals surface area contributed by atoms with Crippen LogP contribution in [0.15, 0.2) is 60.8 Å². The molecular weight excluding hydrogens is 570 g/mol. The van der Waals surface area contributed by atoms with Gasteiger partial charge in [0, 0.05) is 48.4 Å². The number of rotatable bonds is 10. The van der Waals surface area contributed by atoms with E-state index in [9.17, 15) is 9.90 Å². The summed E-state index contributed by atoms with van der Waals surface area (Å²) in [6.45, 7) is 11.3. The Balaban J connectivity index is 1.24. The first-order valence-electron chi connectivity index (χ1n) is 15.4. The summed E-state index contributed by atoms with van der Waals surface area (Å²) < 4.78 is 11.2. The summed E-state index contributed by atoms with van der Waals surface area (Å²) in [4.78, 5) is 33.7. The van der Waals surface area contributed by atoms with E-state index in [0.717, 1.165) is 59.6 Å². The number of aliphatic hydroxyl groups is 1. The van der Waals surface area contributed by atoms with Crippen molar-refractivity contribution in [3.05, 3.63) is 83.4 Å². The molecule has 1 aliphatic rings. The Morgan fingerprint density at radius 1 is 1.02 bits per heavy atom. The number of anilines is 2. The minimum Gasteiger partial charge on any atom is -0.445 e. The second kappa shape index (κ2) is 14.2. The van der Waals surface area contributed by atoms with Gasteiger partial charge in [-0.25, -0.2) is 24.7 Å². The maximum absolute atomic E-state index is 12.7. The average Bonchev–Trinajstić information content (AvgIpc) is 3.02. The lowest BCUT2D eigenvalue weighted by Gasteiger charge is -2.34. The standard InChI is InChI=1S/C34H43N7O4/c1-22-29(36-20-28(32(42)45-34(3,4)5)40-33(43)44-21-24-10-7-6-8-11-24)37-23(2)38-31(22)41-18-15-25(16-19-41)27-14-13-26-12-9-17-35-30(26)39-27/h6-14,17,25,28,32,42H,15-16,18-21H2,1-5H3,(H,40,43)(H,36,37,38). The number of benzene rings is 1. The largest absolute Gasteiger partial charge is 0.445 e. The van der Waals surface area contributed by atoms with E-state index in [-0.39, 0.29) is 13.2 Å². The summed E-state index contributed by atoms with van der Waals surface area (Å²) in [7, 11) is 0. The Kier molecular flexibility index (Phi) is 10.1. The molecular formula is C34H43N7O4. The van der Waals surface area contributed by atoms with Crippen molar-refractivity contribution in [1.82, 2.24) is 25.3 Å². The first kappa shape index (κ1) is 32.1. The van der Waals surface area contributed by atoms with Gasteiger partial charge in [0.05, 0.1) is 5.60 Å². The predicted molar refractivity (Wildman–Crippen MR) is 174 cm³/mol. The molecule has 0 bridgehead atoms. The monoisotopic (exact) mass is 613 g/mol. The van der Waals surface area contributed by atoms with Crippen molar-refractivity contribution < 1.29 is 19.4 Å². The van der Waals surface area contributed by atoms with E-state index in [1.54, 1.807) is 6.20 Å². The highest BCUT2D eigenvalue weighted by atomic mass is 16.6. The summed E-state index contributed by atoms with van der Waals surface area (Å²) in [5.41, 5.74) is 2.99. The number of carbonyl (C=O) groups is 1. The molecule has 5 rings (SSSR count). The zero-order chi connectivity index (χ0) is 32.0. The number of nitrogens with one attached hydrogen (secondary N) is 2. The number of hydrogen-bond donors (Lipinski definition) is 3. The van der Waals surface area contributed by atoms with Crippen LogP contribution >= 0.6 is 0 Å². The van der Waals surface area contributed by atoms with Crippen molar-refractivity contribution >= 4 is 28.8 Å². The molecule has 4 heterocycles. The number of fused-ring (bicyclic) bond motifs is 1. The maximum atomic E-state index is 12.7. The number of hydrogen-bond acceptors (Lipinski definition) is 10. The van der Waals surface area contributed by atoms with Gasteiger partial charge in [0.15, 0.2) is 11.9 Å². The molecule has 0 aliphatic carbocycles. The Morgan fingerprint density at radius 2 is 1.78 bits per heavy atom. The van der Waals surface area contributed by atoms with Gasteiger partial charge in [0.2, 0.25) is 0 Å². The second-order valence-corrected chi connectivity index (χ2v) is 12.4. The van der Waals surface area contributed by atoms with Gasteiger partial charge >= 0.3 is 6.09 Å². The topological polar surface area (TPSA) is 135 Å². The molecule has 11 nitrogen and oxygen atoms in total. The molecule has 0 radical (unpaired) electrons. The van der Waals surface area contributed by atoms with Gasteiger partial charge in [-0.1, -0.05) is 30.3 Å². The van der Waals surface area contributed by atoms with Crippen molar-refractivity contribution in [3.63, 3.8) is 0 Å². The van der Waals surface area contributed by atoms with E-state index >= 15 is 0 Å². The molecule has 0 spiro atoms. The number of piperidine rings is 1. The highest BCUT2D eigenvalue weighted by molar-refractivity contribution is 5.74. The zero-order valence-electron chi connectivity index (χ0n) is 26.7. The number of aryl methyl sites for hydroxylation is 1. The Bertz CT molecular complexity index is 1590. The molecule has 3 aromatic heterocycles. The average molecular weight is 614 g/mol. The molecule has 1 saturated heterocycles. The normalized spacial score (nSPS) is 15.5. The smallest absolute Gasteiger partial charge is 0.407 e. The van der Waals surface area contributed by atoms with E-state index in [1.165, 1.54) is 0 Å². The number of pyridine rings is 2. The van der Waals surface area contributed by atoms with E-state index < -0.39 is 24.0 Å². The molecule has 1 fully saturated rings. The fraction of sp³-hybridized carbons (Fsp3) is 0.441. The van der Waals surface area contributed by atoms with Crippen molar-refractivity contribution in [2.24, 2.45) is 0 Å². The van der Waals surface area contributed by atoms with Crippen LogP contribution in [0.3, 0.4) is 0 Å². The highest BCUT2D eigenvalue weighted by Crippen LogP contribution is 2.32. The Morgan fingerprint density at radius 3 is 2.51 bits per heavy atom. The van der Waals surface area contributed by atoms with Gasteiger partial charge in [0.25, 0.3) is 0 Å². The van der Waals surface area contributed by atoms with Crippen LogP contribution in [-0.2, 0) is 16.1 Å². The van der Waals surface area contributed by atoms with Gasteiger partial charge in [-0.2, -0.15) is 0 Å². The predicted octanol–water partition coefficient (Wildman–Crippen LogP) is 5.26. The van der Waals surface area contributed by atoms with E-state index in [4.69, 9.17) is 19.4 Å². The lowest BCUT2D eigenvalue weighted by Crippen LogP contribution is -2.50. The first-order valence-corrected chi connectivity index (χ1v) is 15.4. The van der Waals surface area contributed by atoms with E-state index in [2.05, 4.69) is 37.6 Å². The number of aliphatic hydroxyl groups excluding tert-OH is 1. The quantitative estimate of drug-likeness (QED) is 0.203. The van der Waals surface area contributed by atoms with Crippen LogP contribution in [-0.4, -0.2) is 68.7 Å². The summed E-state index contributed by atoms with van der Waals surface area (Å²) >= 11 is 0. The first-order chi connectivity index (χ1) is 21.6. The Hall–Kier alpha value is -4.35. The number of ether oxygens (including phenoxy) is 2. The Labute approximate surface area is 264 Å². The van der Waals surface area contributed by atoms with Crippen molar-refractivity contribution in [1.29, 1.82) is 0 Å². The molecule has 45 heavy (non-hydrogen) atoms. The number of aromatic nitrogens is 4. The molecule has 1 amide bonds. The summed E-state index contributed by atoms with van der Waals surface area (Å²) in [6, 6.07) is 16.8. The molecule has 238 valence electrons. The van der Waals surface area contributed by atoms with Crippen LogP contribution in [0, 0.1) is 13.8 Å². The van der Waals surface area contributed by atoms with Crippen molar-refractivity contribution in [3.8, 4) is 0 Å². The van der Waals surface area contributed by atoms with E-state index in [1.807, 2.05) is 77.1 Å². The summed E-state index contributed by atoms with van der Waals surface area (Å²) in [5, 5.41) is 18.1. The van der Waals surface area contributed by atoms with Crippen molar-refractivity contribution in [2.45, 2.75) is 77.9 Å². The lowest BCUT2D eigenvalue weighted by molar-refractivity contribution is -0.177. The third-order valence-corrected chi connectivity index (χ3v) is 7.75. The summed E-state index contributed by atoms with van der Waals surface area (Å²) in [6.07, 6.45) is 1.73. The van der Waals surface area contributed by atoms with E-state index in [0.29, 0.717) is 17.6 Å². The molecule has 4 aromatic rings. The van der Waals surface area contributed by atoms with Gasteiger partial charge < -0.3 is 30.1 Å². The third kappa shape index (κ3) is 8.64. The molecule has 1 aliphatic heterocycles. The number of amides is 1. The number of carbonyl (C=O) groups excluding carboxylic acids is 1. The molecule has 2 atom stereocenters. The summed E-state index contributed by atoms with van der Waals surface area (Å²) in [5.74, 6) is 2.48. The fourth-order valence-electron chi connectivity index (χ4n) is 5.47. The minimum atomic E-state index is -1.29. The van der Waals surface area contributed by atoms with Crippen molar-refractivity contribution in [2.75, 3.05) is 29.9 Å². The van der Waals surface area contributed by atoms with Gasteiger partial charge in [0.1, 0.15) is 30.1 Å². The molecule has 3 N–H and O–H groups in total.